The molecule has 0 aliphatic heterocycles. The summed E-state index contributed by atoms with van der Waals surface area (Å²) in [6.07, 6.45) is 3.09. The van der Waals surface area contributed by atoms with Gasteiger partial charge in [0.25, 0.3) is 5.91 Å². The molecule has 1 aromatic carbocycles. The number of nitrogens with zero attached hydrogens (tertiary/aromatic N) is 3. The van der Waals surface area contributed by atoms with E-state index in [1.807, 2.05) is 17.5 Å². The molecule has 3 rings (SSSR count). The smallest absolute Gasteiger partial charge is 0.271 e. The number of aromatic amines is 1. The van der Waals surface area contributed by atoms with Gasteiger partial charge in [-0.25, -0.2) is 18.1 Å². The van der Waals surface area contributed by atoms with Gasteiger partial charge in [-0.1, -0.05) is 12.1 Å². The van der Waals surface area contributed by atoms with E-state index in [1.54, 1.807) is 17.5 Å². The third kappa shape index (κ3) is 4.13. The first-order valence-corrected chi connectivity index (χ1v) is 10.1. The maximum Gasteiger partial charge on any atom is 0.271 e. The number of hydrogen-bond donors (Lipinski definition) is 2. The van der Waals surface area contributed by atoms with Crippen molar-refractivity contribution >= 4 is 33.5 Å². The molecule has 0 saturated heterocycles. The lowest BCUT2D eigenvalue weighted by Gasteiger charge is -2.11. The zero-order valence-corrected chi connectivity index (χ0v) is 16.2. The first kappa shape index (κ1) is 19.0. The summed E-state index contributed by atoms with van der Waals surface area (Å²) in [6, 6.07) is 9.67. The Balaban J connectivity index is 1.74. The SMILES string of the molecule is CN(C)S(=O)(=O)c1cccc(C(=O)NN=Cc2cn[nH]c2-c2cccs2)c1. The molecular formula is C17H17N5O3S2. The second-order valence-electron chi connectivity index (χ2n) is 5.69. The number of sulfonamides is 1. The van der Waals surface area contributed by atoms with Crippen molar-refractivity contribution in [1.29, 1.82) is 0 Å². The fraction of sp³-hybridized carbons (Fsp3) is 0.118. The molecule has 0 atom stereocenters. The van der Waals surface area contributed by atoms with E-state index in [0.717, 1.165) is 20.4 Å². The minimum Gasteiger partial charge on any atom is -0.276 e. The van der Waals surface area contributed by atoms with Gasteiger partial charge < -0.3 is 0 Å². The van der Waals surface area contributed by atoms with Crippen molar-refractivity contribution in [2.24, 2.45) is 5.10 Å². The number of benzene rings is 1. The monoisotopic (exact) mass is 403 g/mol. The van der Waals surface area contributed by atoms with Crippen molar-refractivity contribution in [2.75, 3.05) is 14.1 Å². The van der Waals surface area contributed by atoms with Crippen LogP contribution < -0.4 is 5.43 Å². The number of hydrazone groups is 1. The lowest BCUT2D eigenvalue weighted by atomic mass is 10.2. The Labute approximate surface area is 160 Å². The van der Waals surface area contributed by atoms with E-state index >= 15 is 0 Å². The molecule has 0 radical (unpaired) electrons. The molecule has 2 heterocycles. The van der Waals surface area contributed by atoms with Gasteiger partial charge in [0.15, 0.2) is 0 Å². The van der Waals surface area contributed by atoms with Crippen LogP contribution in [0.25, 0.3) is 10.6 Å². The van der Waals surface area contributed by atoms with Crippen LogP contribution in [0.3, 0.4) is 0 Å². The third-order valence-corrected chi connectivity index (χ3v) is 6.38. The third-order valence-electron chi connectivity index (χ3n) is 3.68. The number of aromatic nitrogens is 2. The zero-order chi connectivity index (χ0) is 19.4. The molecule has 0 aliphatic rings. The minimum absolute atomic E-state index is 0.0407. The van der Waals surface area contributed by atoms with E-state index in [2.05, 4.69) is 20.7 Å². The lowest BCUT2D eigenvalue weighted by molar-refractivity contribution is 0.0955. The van der Waals surface area contributed by atoms with Crippen LogP contribution in [0.5, 0.6) is 0 Å². The highest BCUT2D eigenvalue weighted by Crippen LogP contribution is 2.24. The summed E-state index contributed by atoms with van der Waals surface area (Å²) in [6.45, 7) is 0. The second-order valence-corrected chi connectivity index (χ2v) is 8.79. The maximum absolute atomic E-state index is 12.3. The van der Waals surface area contributed by atoms with E-state index in [0.29, 0.717) is 0 Å². The Morgan fingerprint density at radius 3 is 2.81 bits per heavy atom. The van der Waals surface area contributed by atoms with Crippen LogP contribution in [-0.2, 0) is 10.0 Å². The van der Waals surface area contributed by atoms with Gasteiger partial charge in [-0.05, 0) is 29.6 Å². The van der Waals surface area contributed by atoms with Crippen LogP contribution >= 0.6 is 11.3 Å². The van der Waals surface area contributed by atoms with Crippen LogP contribution in [0.15, 0.2) is 58.0 Å². The number of carbonyl (C=O) groups excluding carboxylic acids is 1. The normalized spacial score (nSPS) is 12.0. The summed E-state index contributed by atoms with van der Waals surface area (Å²) in [5, 5.41) is 12.8. The molecule has 140 valence electrons. The fourth-order valence-electron chi connectivity index (χ4n) is 2.25. The molecule has 1 amide bonds. The Hall–Kier alpha value is -2.82. The zero-order valence-electron chi connectivity index (χ0n) is 14.6. The topological polar surface area (TPSA) is 108 Å². The van der Waals surface area contributed by atoms with Crippen molar-refractivity contribution in [3.8, 4) is 10.6 Å². The first-order chi connectivity index (χ1) is 12.9. The van der Waals surface area contributed by atoms with Crippen molar-refractivity contribution < 1.29 is 13.2 Å². The Morgan fingerprint density at radius 2 is 2.11 bits per heavy atom. The number of rotatable bonds is 6. The number of amides is 1. The molecule has 0 unspecified atom stereocenters. The molecule has 8 nitrogen and oxygen atoms in total. The molecule has 10 heteroatoms. The Morgan fingerprint density at radius 1 is 1.30 bits per heavy atom. The standard InChI is InChI=1S/C17H17N5O3S2/c1-22(2)27(24,25)14-6-3-5-12(9-14)17(23)21-19-11-13-10-18-20-16(13)15-7-4-8-26-15/h3-11H,1-2H3,(H,18,20)(H,21,23). The van der Waals surface area contributed by atoms with Gasteiger partial charge in [-0.3, -0.25) is 9.89 Å². The molecule has 0 fully saturated rings. The van der Waals surface area contributed by atoms with Crippen molar-refractivity contribution in [3.05, 3.63) is 59.1 Å². The molecule has 2 N–H and O–H groups in total. The average molecular weight is 403 g/mol. The Bertz CT molecular complexity index is 1070. The number of thiophene rings is 1. The molecule has 0 saturated carbocycles. The highest BCUT2D eigenvalue weighted by molar-refractivity contribution is 7.89. The first-order valence-electron chi connectivity index (χ1n) is 7.83. The maximum atomic E-state index is 12.3. The number of H-pyrrole nitrogens is 1. The van der Waals surface area contributed by atoms with Crippen molar-refractivity contribution in [1.82, 2.24) is 19.9 Å². The fourth-order valence-corrected chi connectivity index (χ4v) is 3.94. The predicted octanol–water partition coefficient (Wildman–Crippen LogP) is 2.15. The van der Waals surface area contributed by atoms with E-state index in [4.69, 9.17) is 0 Å². The van der Waals surface area contributed by atoms with Gasteiger partial charge in [-0.2, -0.15) is 10.2 Å². The average Bonchev–Trinajstić information content (AvgIpc) is 3.33. The van der Waals surface area contributed by atoms with Crippen LogP contribution in [-0.4, -0.2) is 49.1 Å². The Kier molecular flexibility index (Phi) is 5.49. The highest BCUT2D eigenvalue weighted by atomic mass is 32.2. The van der Waals surface area contributed by atoms with E-state index in [9.17, 15) is 13.2 Å². The van der Waals surface area contributed by atoms with Crippen LogP contribution in [0.4, 0.5) is 0 Å². The van der Waals surface area contributed by atoms with Gasteiger partial charge in [0, 0.05) is 25.2 Å². The van der Waals surface area contributed by atoms with Gasteiger partial charge in [0.1, 0.15) is 0 Å². The summed E-state index contributed by atoms with van der Waals surface area (Å²) in [5.74, 6) is -0.511. The summed E-state index contributed by atoms with van der Waals surface area (Å²) < 4.78 is 25.5. The van der Waals surface area contributed by atoms with Gasteiger partial charge >= 0.3 is 0 Å². The molecule has 0 spiro atoms. The van der Waals surface area contributed by atoms with E-state index < -0.39 is 15.9 Å². The number of hydrogen-bond acceptors (Lipinski definition) is 6. The largest absolute Gasteiger partial charge is 0.276 e. The molecule has 0 aliphatic carbocycles. The van der Waals surface area contributed by atoms with Crippen molar-refractivity contribution in [3.63, 3.8) is 0 Å². The van der Waals surface area contributed by atoms with Crippen LogP contribution in [0.2, 0.25) is 0 Å². The van der Waals surface area contributed by atoms with Crippen LogP contribution in [0.1, 0.15) is 15.9 Å². The van der Waals surface area contributed by atoms with E-state index in [1.165, 1.54) is 44.6 Å². The number of nitrogens with one attached hydrogen (secondary N) is 2. The van der Waals surface area contributed by atoms with Gasteiger partial charge in [0.2, 0.25) is 10.0 Å². The quantitative estimate of drug-likeness (QED) is 0.486. The number of carbonyl (C=O) groups is 1. The summed E-state index contributed by atoms with van der Waals surface area (Å²) >= 11 is 1.56. The van der Waals surface area contributed by atoms with Gasteiger partial charge in [0.05, 0.1) is 27.9 Å². The predicted molar refractivity (Wildman–Crippen MR) is 104 cm³/mol. The molecule has 3 aromatic rings. The van der Waals surface area contributed by atoms with E-state index in [-0.39, 0.29) is 10.5 Å². The lowest BCUT2D eigenvalue weighted by Crippen LogP contribution is -2.23. The molecule has 27 heavy (non-hydrogen) atoms. The minimum atomic E-state index is -3.62. The van der Waals surface area contributed by atoms with Gasteiger partial charge in [-0.15, -0.1) is 11.3 Å². The summed E-state index contributed by atoms with van der Waals surface area (Å²) in [4.78, 5) is 13.3. The van der Waals surface area contributed by atoms with Crippen LogP contribution in [0, 0.1) is 0 Å². The summed E-state index contributed by atoms with van der Waals surface area (Å²) in [5.41, 5.74) is 4.13. The van der Waals surface area contributed by atoms with Crippen molar-refractivity contribution in [2.45, 2.75) is 4.90 Å². The second kappa shape index (κ2) is 7.82. The highest BCUT2D eigenvalue weighted by Gasteiger charge is 2.18. The molecule has 2 aromatic heterocycles. The summed E-state index contributed by atoms with van der Waals surface area (Å²) in [7, 11) is -0.750. The molecule has 0 bridgehead atoms. The molecular weight excluding hydrogens is 386 g/mol.